The molecule has 1 aliphatic rings. The van der Waals surface area contributed by atoms with Gasteiger partial charge in [-0.3, -0.25) is 4.90 Å². The molecule has 2 N–H and O–H groups in total. The fourth-order valence-electron chi connectivity index (χ4n) is 1.48. The Bertz CT molecular complexity index is 150. The molecule has 13 heavy (non-hydrogen) atoms. The van der Waals surface area contributed by atoms with Gasteiger partial charge in [-0.15, -0.1) is 24.8 Å². The van der Waals surface area contributed by atoms with Crippen molar-refractivity contribution < 1.29 is 0 Å². The van der Waals surface area contributed by atoms with Crippen molar-refractivity contribution in [1.29, 1.82) is 5.26 Å². The molecule has 0 aliphatic carbocycles. The van der Waals surface area contributed by atoms with Gasteiger partial charge >= 0.3 is 0 Å². The zero-order valence-corrected chi connectivity index (χ0v) is 9.24. The number of nitrogens with two attached hydrogens (primary N) is 1. The Labute approximate surface area is 92.1 Å². The van der Waals surface area contributed by atoms with Gasteiger partial charge in [-0.05, 0) is 38.4 Å². The SMILES string of the molecule is Cl.Cl.N#CCN1CCC(CN)CC1. The largest absolute Gasteiger partial charge is 0.330 e. The van der Waals surface area contributed by atoms with E-state index in [2.05, 4.69) is 11.0 Å². The summed E-state index contributed by atoms with van der Waals surface area (Å²) in [6.07, 6.45) is 2.33. The Kier molecular flexibility index (Phi) is 10.2. The molecule has 78 valence electrons. The average Bonchev–Trinajstić information content (AvgIpc) is 2.07. The van der Waals surface area contributed by atoms with E-state index in [4.69, 9.17) is 11.0 Å². The summed E-state index contributed by atoms with van der Waals surface area (Å²) in [6.45, 7) is 3.49. The Morgan fingerprint density at radius 3 is 2.23 bits per heavy atom. The van der Waals surface area contributed by atoms with Crippen LogP contribution in [0, 0.1) is 17.2 Å². The van der Waals surface area contributed by atoms with Crippen molar-refractivity contribution in [2.24, 2.45) is 11.7 Å². The lowest BCUT2D eigenvalue weighted by Gasteiger charge is -2.29. The summed E-state index contributed by atoms with van der Waals surface area (Å²) in [7, 11) is 0. The number of hydrogen-bond acceptors (Lipinski definition) is 3. The highest BCUT2D eigenvalue weighted by atomic mass is 35.5. The monoisotopic (exact) mass is 225 g/mol. The summed E-state index contributed by atoms with van der Waals surface area (Å²) in [5.74, 6) is 0.699. The molecule has 1 rings (SSSR count). The van der Waals surface area contributed by atoms with Gasteiger partial charge in [-0.25, -0.2) is 0 Å². The lowest BCUT2D eigenvalue weighted by Crippen LogP contribution is -2.36. The van der Waals surface area contributed by atoms with Crippen LogP contribution in [-0.2, 0) is 0 Å². The zero-order chi connectivity index (χ0) is 8.10. The van der Waals surface area contributed by atoms with Gasteiger partial charge in [0, 0.05) is 0 Å². The van der Waals surface area contributed by atoms with Crippen molar-refractivity contribution in [1.82, 2.24) is 4.90 Å². The third-order valence-corrected chi connectivity index (χ3v) is 2.33. The second kappa shape index (κ2) is 8.58. The van der Waals surface area contributed by atoms with Gasteiger partial charge in [0.25, 0.3) is 0 Å². The highest BCUT2D eigenvalue weighted by molar-refractivity contribution is 5.85. The second-order valence-electron chi connectivity index (χ2n) is 3.11. The molecule has 0 spiro atoms. The Balaban J connectivity index is 0. The minimum absolute atomic E-state index is 0. The third kappa shape index (κ3) is 5.33. The van der Waals surface area contributed by atoms with Crippen molar-refractivity contribution in [3.8, 4) is 6.07 Å². The minimum Gasteiger partial charge on any atom is -0.330 e. The number of rotatable bonds is 2. The maximum atomic E-state index is 8.43. The van der Waals surface area contributed by atoms with E-state index < -0.39 is 0 Å². The molecule has 0 atom stereocenters. The van der Waals surface area contributed by atoms with Crippen molar-refractivity contribution >= 4 is 24.8 Å². The van der Waals surface area contributed by atoms with Crippen molar-refractivity contribution in [2.45, 2.75) is 12.8 Å². The van der Waals surface area contributed by atoms with E-state index in [9.17, 15) is 0 Å². The molecule has 1 heterocycles. The molecule has 5 heteroatoms. The van der Waals surface area contributed by atoms with E-state index in [1.54, 1.807) is 0 Å². The van der Waals surface area contributed by atoms with Crippen LogP contribution in [0.25, 0.3) is 0 Å². The quantitative estimate of drug-likeness (QED) is 0.715. The number of piperidine rings is 1. The van der Waals surface area contributed by atoms with E-state index in [-0.39, 0.29) is 24.8 Å². The highest BCUT2D eigenvalue weighted by Gasteiger charge is 2.16. The molecule has 0 aromatic carbocycles. The van der Waals surface area contributed by atoms with Gasteiger partial charge in [0.15, 0.2) is 0 Å². The van der Waals surface area contributed by atoms with Gasteiger partial charge in [0.1, 0.15) is 0 Å². The molecule has 0 radical (unpaired) electrons. The first-order valence-corrected chi connectivity index (χ1v) is 4.16. The van der Waals surface area contributed by atoms with Crippen molar-refractivity contribution in [3.63, 3.8) is 0 Å². The summed E-state index contributed by atoms with van der Waals surface area (Å²) in [4.78, 5) is 2.19. The number of likely N-dealkylation sites (tertiary alicyclic amines) is 1. The predicted molar refractivity (Wildman–Crippen MR) is 58.3 cm³/mol. The van der Waals surface area contributed by atoms with Gasteiger partial charge in [0.05, 0.1) is 12.6 Å². The number of nitrogens with zero attached hydrogens (tertiary/aromatic N) is 2. The molecule has 0 bridgehead atoms. The minimum atomic E-state index is 0. The number of nitriles is 1. The van der Waals surface area contributed by atoms with Crippen LogP contribution in [0.2, 0.25) is 0 Å². The maximum Gasteiger partial charge on any atom is 0.0865 e. The first-order valence-electron chi connectivity index (χ1n) is 4.16. The second-order valence-corrected chi connectivity index (χ2v) is 3.11. The summed E-state index contributed by atoms with van der Waals surface area (Å²) in [5, 5.41) is 8.43. The molecule has 0 amide bonds. The molecular weight excluding hydrogens is 209 g/mol. The normalized spacial score (nSPS) is 18.2. The zero-order valence-electron chi connectivity index (χ0n) is 7.61. The summed E-state index contributed by atoms with van der Waals surface area (Å²) < 4.78 is 0. The Hall–Kier alpha value is -0.0100. The first kappa shape index (κ1) is 15.5. The molecule has 0 unspecified atom stereocenters. The summed E-state index contributed by atoms with van der Waals surface area (Å²) in [5.41, 5.74) is 5.54. The number of halogens is 2. The summed E-state index contributed by atoms with van der Waals surface area (Å²) in [6, 6.07) is 2.16. The molecule has 0 aromatic heterocycles. The van der Waals surface area contributed by atoms with Crippen LogP contribution in [0.4, 0.5) is 0 Å². The van der Waals surface area contributed by atoms with Gasteiger partial charge in [-0.2, -0.15) is 5.26 Å². The molecule has 1 fully saturated rings. The Morgan fingerprint density at radius 1 is 1.31 bits per heavy atom. The van der Waals surface area contributed by atoms with Gasteiger partial charge in [-0.1, -0.05) is 0 Å². The van der Waals surface area contributed by atoms with Gasteiger partial charge in [0.2, 0.25) is 0 Å². The van der Waals surface area contributed by atoms with E-state index in [0.29, 0.717) is 12.5 Å². The van der Waals surface area contributed by atoms with Crippen LogP contribution in [0.1, 0.15) is 12.8 Å². The fraction of sp³-hybridized carbons (Fsp3) is 0.875. The van der Waals surface area contributed by atoms with E-state index in [1.807, 2.05) is 0 Å². The average molecular weight is 226 g/mol. The van der Waals surface area contributed by atoms with Crippen LogP contribution in [0.5, 0.6) is 0 Å². The standard InChI is InChI=1S/C8H15N3.2ClH/c9-3-6-11-4-1-8(7-10)2-5-11;;/h8H,1-2,4-7,10H2;2*1H. The van der Waals surface area contributed by atoms with Crippen LogP contribution in [0.15, 0.2) is 0 Å². The lowest BCUT2D eigenvalue weighted by molar-refractivity contribution is 0.206. The van der Waals surface area contributed by atoms with Gasteiger partial charge < -0.3 is 5.73 Å². The Morgan fingerprint density at radius 2 is 1.85 bits per heavy atom. The summed E-state index contributed by atoms with van der Waals surface area (Å²) >= 11 is 0. The smallest absolute Gasteiger partial charge is 0.0865 e. The van der Waals surface area contributed by atoms with Crippen molar-refractivity contribution in [3.05, 3.63) is 0 Å². The highest BCUT2D eigenvalue weighted by Crippen LogP contribution is 2.14. The van der Waals surface area contributed by atoms with E-state index in [1.165, 1.54) is 0 Å². The lowest BCUT2D eigenvalue weighted by atomic mass is 9.97. The molecule has 0 aromatic rings. The predicted octanol–water partition coefficient (Wildman–Crippen LogP) is 1.02. The van der Waals surface area contributed by atoms with E-state index >= 15 is 0 Å². The molecule has 1 saturated heterocycles. The molecule has 3 nitrogen and oxygen atoms in total. The van der Waals surface area contributed by atoms with Crippen LogP contribution >= 0.6 is 24.8 Å². The molecule has 1 aliphatic heterocycles. The first-order chi connectivity index (χ1) is 5.36. The van der Waals surface area contributed by atoms with E-state index in [0.717, 1.165) is 32.5 Å². The third-order valence-electron chi connectivity index (χ3n) is 2.33. The topological polar surface area (TPSA) is 53.0 Å². The fourth-order valence-corrected chi connectivity index (χ4v) is 1.48. The maximum absolute atomic E-state index is 8.43. The van der Waals surface area contributed by atoms with Crippen LogP contribution < -0.4 is 5.73 Å². The molecule has 0 saturated carbocycles. The van der Waals surface area contributed by atoms with Crippen LogP contribution in [0.3, 0.4) is 0 Å². The molecular formula is C8H17Cl2N3. The number of hydrogen-bond donors (Lipinski definition) is 1. The van der Waals surface area contributed by atoms with Crippen molar-refractivity contribution in [2.75, 3.05) is 26.2 Å². The van der Waals surface area contributed by atoms with Crippen LogP contribution in [-0.4, -0.2) is 31.1 Å².